The van der Waals surface area contributed by atoms with Crippen LogP contribution in [0, 0.1) is 23.7 Å². The summed E-state index contributed by atoms with van der Waals surface area (Å²) in [6, 6.07) is 0.582. The van der Waals surface area contributed by atoms with Gasteiger partial charge in [-0.05, 0) is 42.9 Å². The third kappa shape index (κ3) is 1.27. The molecule has 4 atom stereocenters. The van der Waals surface area contributed by atoms with Crippen LogP contribution < -0.4 is 15.8 Å². The Labute approximate surface area is 106 Å². The maximum absolute atomic E-state index is 5.99. The van der Waals surface area contributed by atoms with Crippen molar-refractivity contribution in [3.63, 3.8) is 0 Å². The molecule has 3 fully saturated rings. The summed E-state index contributed by atoms with van der Waals surface area (Å²) < 4.78 is 5.12. The van der Waals surface area contributed by atoms with Crippen LogP contribution in [-0.4, -0.2) is 23.1 Å². The molecule has 3 aliphatic rings. The smallest absolute Gasteiger partial charge is 0.242 e. The van der Waals surface area contributed by atoms with Gasteiger partial charge in [-0.15, -0.1) is 0 Å². The minimum absolute atomic E-state index is 0.460. The SMILES string of the molecule is COc1ncnc(NC2C3C4CCC(C4)C23)c1N. The summed E-state index contributed by atoms with van der Waals surface area (Å²) in [6.45, 7) is 0. The van der Waals surface area contributed by atoms with Crippen LogP contribution in [0.1, 0.15) is 19.3 Å². The summed E-state index contributed by atoms with van der Waals surface area (Å²) in [4.78, 5) is 8.24. The zero-order chi connectivity index (χ0) is 12.3. The first-order valence-electron chi connectivity index (χ1n) is 6.70. The Bertz CT molecular complexity index is 476. The molecule has 0 radical (unpaired) electrons. The molecule has 0 amide bonds. The van der Waals surface area contributed by atoms with E-state index < -0.39 is 0 Å². The Morgan fingerprint density at radius 3 is 2.67 bits per heavy atom. The van der Waals surface area contributed by atoms with Crippen molar-refractivity contribution in [1.82, 2.24) is 9.97 Å². The van der Waals surface area contributed by atoms with Crippen molar-refractivity contribution >= 4 is 11.5 Å². The Kier molecular flexibility index (Phi) is 2.02. The zero-order valence-corrected chi connectivity index (χ0v) is 10.5. The van der Waals surface area contributed by atoms with Crippen molar-refractivity contribution < 1.29 is 4.74 Å². The fourth-order valence-corrected chi connectivity index (χ4v) is 4.33. The van der Waals surface area contributed by atoms with Gasteiger partial charge in [0.05, 0.1) is 7.11 Å². The molecular weight excluding hydrogens is 228 g/mol. The highest BCUT2D eigenvalue weighted by Crippen LogP contribution is 2.66. The van der Waals surface area contributed by atoms with Gasteiger partial charge in [0.25, 0.3) is 0 Å². The van der Waals surface area contributed by atoms with Crippen molar-refractivity contribution in [3.05, 3.63) is 6.33 Å². The monoisotopic (exact) mass is 246 g/mol. The van der Waals surface area contributed by atoms with Crippen LogP contribution in [0.3, 0.4) is 0 Å². The standard InChI is InChI=1S/C13H18N4O/c1-18-13-10(14)12(15-5-16-13)17-11-8-6-2-3-7(4-6)9(8)11/h5-9,11H,2-4,14H2,1H3,(H,15,16,17). The molecule has 5 nitrogen and oxygen atoms in total. The highest BCUT2D eigenvalue weighted by molar-refractivity contribution is 5.67. The number of rotatable bonds is 3. The number of nitrogens with two attached hydrogens (primary N) is 1. The van der Waals surface area contributed by atoms with Gasteiger partial charge in [-0.25, -0.2) is 4.98 Å². The summed E-state index contributed by atoms with van der Waals surface area (Å²) in [5.74, 6) is 4.82. The molecule has 0 aliphatic heterocycles. The molecule has 18 heavy (non-hydrogen) atoms. The molecule has 96 valence electrons. The van der Waals surface area contributed by atoms with Gasteiger partial charge in [-0.1, -0.05) is 0 Å². The van der Waals surface area contributed by atoms with E-state index in [9.17, 15) is 0 Å². The van der Waals surface area contributed by atoms with Crippen molar-refractivity contribution in [3.8, 4) is 5.88 Å². The molecule has 0 spiro atoms. The molecule has 3 aliphatic carbocycles. The minimum atomic E-state index is 0.460. The van der Waals surface area contributed by atoms with E-state index in [0.29, 0.717) is 17.6 Å². The highest BCUT2D eigenvalue weighted by atomic mass is 16.5. The molecular formula is C13H18N4O. The largest absolute Gasteiger partial charge is 0.479 e. The fraction of sp³-hybridized carbons (Fsp3) is 0.692. The number of ether oxygens (including phenoxy) is 1. The average molecular weight is 246 g/mol. The van der Waals surface area contributed by atoms with Crippen LogP contribution in [0.25, 0.3) is 0 Å². The Hall–Kier alpha value is -1.52. The van der Waals surface area contributed by atoms with Crippen molar-refractivity contribution in [1.29, 1.82) is 0 Å². The molecule has 1 heterocycles. The van der Waals surface area contributed by atoms with Crippen molar-refractivity contribution in [2.24, 2.45) is 23.7 Å². The molecule has 1 aromatic heterocycles. The van der Waals surface area contributed by atoms with Gasteiger partial charge < -0.3 is 15.8 Å². The maximum atomic E-state index is 5.99. The van der Waals surface area contributed by atoms with Crippen LogP contribution in [0.2, 0.25) is 0 Å². The zero-order valence-electron chi connectivity index (χ0n) is 10.5. The van der Waals surface area contributed by atoms with Crippen molar-refractivity contribution in [2.75, 3.05) is 18.2 Å². The van der Waals surface area contributed by atoms with E-state index in [2.05, 4.69) is 15.3 Å². The van der Waals surface area contributed by atoms with Crippen LogP contribution in [0.15, 0.2) is 6.33 Å². The number of fused-ring (bicyclic) bond motifs is 5. The predicted octanol–water partition coefficient (Wildman–Crippen LogP) is 1.52. The molecule has 1 aromatic rings. The highest BCUT2D eigenvalue weighted by Gasteiger charge is 2.65. The first kappa shape index (κ1) is 10.4. The average Bonchev–Trinajstić information content (AvgIpc) is 2.79. The third-order valence-corrected chi connectivity index (χ3v) is 5.08. The number of anilines is 2. The minimum Gasteiger partial charge on any atom is -0.479 e. The van der Waals surface area contributed by atoms with Gasteiger partial charge >= 0.3 is 0 Å². The maximum Gasteiger partial charge on any atom is 0.242 e. The summed E-state index contributed by atoms with van der Waals surface area (Å²) >= 11 is 0. The van der Waals surface area contributed by atoms with Gasteiger partial charge in [0.15, 0.2) is 5.82 Å². The normalized spacial score (nSPS) is 39.5. The summed E-state index contributed by atoms with van der Waals surface area (Å²) in [5, 5.41) is 3.51. The number of hydrogen-bond acceptors (Lipinski definition) is 5. The lowest BCUT2D eigenvalue weighted by atomic mass is 10.0. The van der Waals surface area contributed by atoms with E-state index in [4.69, 9.17) is 10.5 Å². The van der Waals surface area contributed by atoms with E-state index in [1.165, 1.54) is 25.6 Å². The predicted molar refractivity (Wildman–Crippen MR) is 68.2 cm³/mol. The second kappa shape index (κ2) is 3.49. The number of methoxy groups -OCH3 is 1. The molecule has 4 unspecified atom stereocenters. The molecule has 4 rings (SSSR count). The topological polar surface area (TPSA) is 73.1 Å². The second-order valence-corrected chi connectivity index (χ2v) is 5.80. The van der Waals surface area contributed by atoms with Gasteiger partial charge in [-0.3, -0.25) is 0 Å². The molecule has 2 bridgehead atoms. The van der Waals surface area contributed by atoms with Gasteiger partial charge in [-0.2, -0.15) is 4.98 Å². The number of hydrogen-bond donors (Lipinski definition) is 2. The number of aromatic nitrogens is 2. The van der Waals surface area contributed by atoms with E-state index >= 15 is 0 Å². The quantitative estimate of drug-likeness (QED) is 0.846. The van der Waals surface area contributed by atoms with E-state index in [1.807, 2.05) is 0 Å². The summed E-state index contributed by atoms with van der Waals surface area (Å²) in [7, 11) is 1.58. The lowest BCUT2D eigenvalue weighted by Gasteiger charge is -2.13. The Morgan fingerprint density at radius 1 is 1.28 bits per heavy atom. The number of nitrogen functional groups attached to an aromatic ring is 1. The van der Waals surface area contributed by atoms with Crippen LogP contribution in [0.4, 0.5) is 11.5 Å². The molecule has 0 saturated heterocycles. The van der Waals surface area contributed by atoms with Gasteiger partial charge in [0, 0.05) is 6.04 Å². The van der Waals surface area contributed by atoms with Gasteiger partial charge in [0.1, 0.15) is 12.0 Å². The van der Waals surface area contributed by atoms with E-state index in [1.54, 1.807) is 7.11 Å². The number of nitrogens with one attached hydrogen (secondary N) is 1. The van der Waals surface area contributed by atoms with Crippen LogP contribution in [-0.2, 0) is 0 Å². The third-order valence-electron chi connectivity index (χ3n) is 5.08. The second-order valence-electron chi connectivity index (χ2n) is 5.80. The van der Waals surface area contributed by atoms with E-state index in [-0.39, 0.29) is 0 Å². The van der Waals surface area contributed by atoms with E-state index in [0.717, 1.165) is 29.5 Å². The lowest BCUT2D eigenvalue weighted by molar-refractivity contribution is 0.399. The number of nitrogens with zero attached hydrogens (tertiary/aromatic N) is 2. The summed E-state index contributed by atoms with van der Waals surface area (Å²) in [6.07, 6.45) is 5.81. The molecule has 0 aromatic carbocycles. The van der Waals surface area contributed by atoms with Crippen LogP contribution in [0.5, 0.6) is 5.88 Å². The lowest BCUT2D eigenvalue weighted by Crippen LogP contribution is -2.15. The molecule has 3 N–H and O–H groups in total. The van der Waals surface area contributed by atoms with Crippen molar-refractivity contribution in [2.45, 2.75) is 25.3 Å². The Morgan fingerprint density at radius 2 is 2.00 bits per heavy atom. The molecule has 5 heteroatoms. The Balaban J connectivity index is 1.54. The van der Waals surface area contributed by atoms with Gasteiger partial charge in [0.2, 0.25) is 5.88 Å². The first-order chi connectivity index (χ1) is 8.79. The first-order valence-corrected chi connectivity index (χ1v) is 6.70. The summed E-state index contributed by atoms with van der Waals surface area (Å²) in [5.41, 5.74) is 6.52. The molecule has 3 saturated carbocycles. The fourth-order valence-electron chi connectivity index (χ4n) is 4.33. The van der Waals surface area contributed by atoms with Crippen LogP contribution >= 0.6 is 0 Å².